The van der Waals surface area contributed by atoms with Gasteiger partial charge in [-0.25, -0.2) is 13.1 Å². The summed E-state index contributed by atoms with van der Waals surface area (Å²) in [5, 5.41) is 0.234. The van der Waals surface area contributed by atoms with Gasteiger partial charge in [-0.1, -0.05) is 27.5 Å². The maximum atomic E-state index is 11.8. The van der Waals surface area contributed by atoms with Crippen molar-refractivity contribution in [3.05, 3.63) is 27.7 Å². The smallest absolute Gasteiger partial charge is 0.208 e. The Bertz CT molecular complexity index is 485. The van der Waals surface area contributed by atoms with Crippen molar-refractivity contribution in [3.63, 3.8) is 0 Å². The summed E-state index contributed by atoms with van der Waals surface area (Å²) in [6, 6.07) is 4.82. The number of rotatable bonds is 3. The molecule has 0 spiro atoms. The van der Waals surface area contributed by atoms with Gasteiger partial charge in [-0.2, -0.15) is 0 Å². The summed E-state index contributed by atoms with van der Waals surface area (Å²) in [5.74, 6) is 0. The summed E-state index contributed by atoms with van der Waals surface area (Å²) in [6.07, 6.45) is 1.82. The third kappa shape index (κ3) is 2.72. The van der Waals surface area contributed by atoms with E-state index >= 15 is 0 Å². The Hall–Kier alpha value is -0.100. The van der Waals surface area contributed by atoms with Gasteiger partial charge in [0.25, 0.3) is 0 Å². The molecule has 0 amide bonds. The highest BCUT2D eigenvalue weighted by Gasteiger charge is 2.29. The second-order valence-electron chi connectivity index (χ2n) is 3.47. The molecule has 1 aromatic rings. The highest BCUT2D eigenvalue weighted by molar-refractivity contribution is 9.10. The molecule has 1 saturated carbocycles. The summed E-state index contributed by atoms with van der Waals surface area (Å²) in [7, 11) is -3.45. The molecule has 0 radical (unpaired) electrons. The number of hydrogen-bond acceptors (Lipinski definition) is 2. The van der Waals surface area contributed by atoms with Gasteiger partial charge in [0.15, 0.2) is 0 Å². The van der Waals surface area contributed by atoms with Crippen molar-refractivity contribution in [1.82, 2.24) is 4.72 Å². The van der Waals surface area contributed by atoms with Crippen LogP contribution in [0.4, 0.5) is 0 Å². The number of halogens is 2. The third-order valence-electron chi connectivity index (χ3n) is 2.08. The standard InChI is InChI=1S/C9H9BrClNO2S/c10-6-1-4-9(8(11)5-6)15(13,14)12-7-2-3-7/h1,4-5,7,12H,2-3H2. The quantitative estimate of drug-likeness (QED) is 0.932. The largest absolute Gasteiger partial charge is 0.242 e. The summed E-state index contributed by atoms with van der Waals surface area (Å²) >= 11 is 9.10. The molecular formula is C9H9BrClNO2S. The highest BCUT2D eigenvalue weighted by atomic mass is 79.9. The molecule has 0 unspecified atom stereocenters. The Labute approximate surface area is 102 Å². The fourth-order valence-corrected chi connectivity index (χ4v) is 3.52. The molecule has 0 saturated heterocycles. The lowest BCUT2D eigenvalue weighted by Crippen LogP contribution is -2.25. The Balaban J connectivity index is 2.34. The van der Waals surface area contributed by atoms with Crippen molar-refractivity contribution < 1.29 is 8.42 Å². The molecule has 0 aliphatic heterocycles. The van der Waals surface area contributed by atoms with Crippen LogP contribution in [0.15, 0.2) is 27.6 Å². The third-order valence-corrected chi connectivity index (χ3v) is 4.58. The molecule has 1 aromatic carbocycles. The molecule has 0 aromatic heterocycles. The van der Waals surface area contributed by atoms with E-state index < -0.39 is 10.0 Å². The van der Waals surface area contributed by atoms with Crippen LogP contribution in [0.2, 0.25) is 5.02 Å². The normalized spacial score (nSPS) is 16.7. The lowest BCUT2D eigenvalue weighted by atomic mass is 10.4. The zero-order valence-corrected chi connectivity index (χ0v) is 10.9. The molecule has 0 heterocycles. The molecular weight excluding hydrogens is 302 g/mol. The molecule has 15 heavy (non-hydrogen) atoms. The predicted molar refractivity (Wildman–Crippen MR) is 62.5 cm³/mol. The maximum Gasteiger partial charge on any atom is 0.242 e. The number of nitrogens with one attached hydrogen (secondary N) is 1. The molecule has 1 N–H and O–H groups in total. The number of benzene rings is 1. The van der Waals surface area contributed by atoms with Crippen molar-refractivity contribution in [2.24, 2.45) is 0 Å². The summed E-state index contributed by atoms with van der Waals surface area (Å²) in [4.78, 5) is 0.138. The average molecular weight is 311 g/mol. The Kier molecular flexibility index (Phi) is 3.07. The molecule has 2 rings (SSSR count). The second-order valence-corrected chi connectivity index (χ2v) is 6.48. The summed E-state index contributed by atoms with van der Waals surface area (Å²) in [6.45, 7) is 0. The van der Waals surface area contributed by atoms with E-state index in [1.807, 2.05) is 0 Å². The van der Waals surface area contributed by atoms with Crippen LogP contribution in [0.5, 0.6) is 0 Å². The highest BCUT2D eigenvalue weighted by Crippen LogP contribution is 2.27. The van der Waals surface area contributed by atoms with Gasteiger partial charge in [0.2, 0.25) is 10.0 Å². The Morgan fingerprint density at radius 2 is 2.07 bits per heavy atom. The number of sulfonamides is 1. The van der Waals surface area contributed by atoms with Crippen molar-refractivity contribution in [3.8, 4) is 0 Å². The first kappa shape index (κ1) is 11.4. The van der Waals surface area contributed by atoms with Gasteiger partial charge in [-0.3, -0.25) is 0 Å². The molecule has 1 aliphatic carbocycles. The average Bonchev–Trinajstić information content (AvgIpc) is 2.86. The predicted octanol–water partition coefficient (Wildman–Crippen LogP) is 2.54. The minimum absolute atomic E-state index is 0.0923. The van der Waals surface area contributed by atoms with E-state index in [0.717, 1.165) is 17.3 Å². The first-order valence-corrected chi connectivity index (χ1v) is 7.12. The van der Waals surface area contributed by atoms with Crippen molar-refractivity contribution in [1.29, 1.82) is 0 Å². The van der Waals surface area contributed by atoms with Crippen molar-refractivity contribution in [2.45, 2.75) is 23.8 Å². The Morgan fingerprint density at radius 3 is 2.60 bits per heavy atom. The molecule has 6 heteroatoms. The van der Waals surface area contributed by atoms with E-state index in [1.54, 1.807) is 12.1 Å². The molecule has 1 aliphatic rings. The zero-order valence-electron chi connectivity index (χ0n) is 7.70. The van der Waals surface area contributed by atoms with Crippen LogP contribution in [-0.4, -0.2) is 14.5 Å². The second kappa shape index (κ2) is 4.05. The fourth-order valence-electron chi connectivity index (χ4n) is 1.18. The minimum Gasteiger partial charge on any atom is -0.208 e. The van der Waals surface area contributed by atoms with Gasteiger partial charge in [-0.05, 0) is 31.0 Å². The first-order chi connectivity index (χ1) is 6.99. The van der Waals surface area contributed by atoms with Gasteiger partial charge in [0.1, 0.15) is 4.90 Å². The van der Waals surface area contributed by atoms with Crippen LogP contribution in [0.1, 0.15) is 12.8 Å². The van der Waals surface area contributed by atoms with E-state index in [0.29, 0.717) is 0 Å². The zero-order chi connectivity index (χ0) is 11.1. The van der Waals surface area contributed by atoms with E-state index in [2.05, 4.69) is 20.7 Å². The number of hydrogen-bond donors (Lipinski definition) is 1. The molecule has 1 fully saturated rings. The minimum atomic E-state index is -3.45. The Morgan fingerprint density at radius 1 is 1.40 bits per heavy atom. The van der Waals surface area contributed by atoms with Gasteiger partial charge in [0, 0.05) is 10.5 Å². The lowest BCUT2D eigenvalue weighted by molar-refractivity contribution is 0.581. The molecule has 82 valence electrons. The van der Waals surface area contributed by atoms with Crippen LogP contribution in [0.25, 0.3) is 0 Å². The van der Waals surface area contributed by atoms with Crippen molar-refractivity contribution in [2.75, 3.05) is 0 Å². The van der Waals surface area contributed by atoms with E-state index in [-0.39, 0.29) is 16.0 Å². The van der Waals surface area contributed by atoms with E-state index in [9.17, 15) is 8.42 Å². The molecule has 0 bridgehead atoms. The van der Waals surface area contributed by atoms with Crippen LogP contribution in [0, 0.1) is 0 Å². The van der Waals surface area contributed by atoms with Gasteiger partial charge < -0.3 is 0 Å². The van der Waals surface area contributed by atoms with Crippen LogP contribution in [-0.2, 0) is 10.0 Å². The van der Waals surface area contributed by atoms with E-state index in [1.165, 1.54) is 6.07 Å². The van der Waals surface area contributed by atoms with E-state index in [4.69, 9.17) is 11.6 Å². The summed E-state index contributed by atoms with van der Waals surface area (Å²) < 4.78 is 26.9. The maximum absolute atomic E-state index is 11.8. The summed E-state index contributed by atoms with van der Waals surface area (Å²) in [5.41, 5.74) is 0. The first-order valence-electron chi connectivity index (χ1n) is 4.46. The van der Waals surface area contributed by atoms with Gasteiger partial charge in [0.05, 0.1) is 5.02 Å². The topological polar surface area (TPSA) is 46.2 Å². The van der Waals surface area contributed by atoms with Crippen molar-refractivity contribution >= 4 is 37.6 Å². The van der Waals surface area contributed by atoms with Gasteiger partial charge in [-0.15, -0.1) is 0 Å². The molecule has 3 nitrogen and oxygen atoms in total. The van der Waals surface area contributed by atoms with Crippen LogP contribution >= 0.6 is 27.5 Å². The fraction of sp³-hybridized carbons (Fsp3) is 0.333. The lowest BCUT2D eigenvalue weighted by Gasteiger charge is -2.07. The molecule has 0 atom stereocenters. The van der Waals surface area contributed by atoms with Crippen LogP contribution in [0.3, 0.4) is 0 Å². The van der Waals surface area contributed by atoms with Gasteiger partial charge >= 0.3 is 0 Å². The monoisotopic (exact) mass is 309 g/mol. The SMILES string of the molecule is O=S(=O)(NC1CC1)c1ccc(Br)cc1Cl. The van der Waals surface area contributed by atoms with Crippen LogP contribution < -0.4 is 4.72 Å².